The van der Waals surface area contributed by atoms with E-state index in [0.717, 1.165) is 0 Å². The summed E-state index contributed by atoms with van der Waals surface area (Å²) in [5.74, 6) is -1.79. The van der Waals surface area contributed by atoms with Crippen molar-refractivity contribution in [3.05, 3.63) is 28.6 Å². The first kappa shape index (κ1) is 15.8. The van der Waals surface area contributed by atoms with Crippen molar-refractivity contribution in [2.75, 3.05) is 0 Å². The molecule has 0 N–H and O–H groups in total. The zero-order chi connectivity index (χ0) is 11.8. The summed E-state index contributed by atoms with van der Waals surface area (Å²) >= 11 is 0. The summed E-state index contributed by atoms with van der Waals surface area (Å²) in [5.41, 5.74) is 0.556. The molecule has 0 bridgehead atoms. The molecule has 0 spiro atoms. The van der Waals surface area contributed by atoms with Crippen LogP contribution in [0.2, 0.25) is 0 Å². The van der Waals surface area contributed by atoms with Gasteiger partial charge in [-0.2, -0.15) is 11.6 Å². The van der Waals surface area contributed by atoms with E-state index in [1.54, 1.807) is 6.92 Å². The van der Waals surface area contributed by atoms with Crippen molar-refractivity contribution in [3.8, 4) is 5.75 Å². The predicted molar refractivity (Wildman–Crippen MR) is 46.1 cm³/mol. The van der Waals surface area contributed by atoms with Gasteiger partial charge in [0.15, 0.2) is 0 Å². The van der Waals surface area contributed by atoms with Crippen molar-refractivity contribution in [3.63, 3.8) is 0 Å². The second-order valence-electron chi connectivity index (χ2n) is 3.19. The maximum atomic E-state index is 13.3. The van der Waals surface area contributed by atoms with Gasteiger partial charge in [-0.05, 0) is 0 Å². The van der Waals surface area contributed by atoms with Gasteiger partial charge in [-0.25, -0.2) is 0 Å². The normalized spacial score (nSPS) is 10.9. The number of hydrogen-bond acceptors (Lipinski definition) is 1. The zero-order valence-corrected chi connectivity index (χ0v) is 11.8. The van der Waals surface area contributed by atoms with Gasteiger partial charge in [-0.3, -0.25) is 4.39 Å². The van der Waals surface area contributed by atoms with Gasteiger partial charge in [0, 0.05) is 32.7 Å². The van der Waals surface area contributed by atoms with E-state index in [2.05, 4.69) is 10.8 Å². The Labute approximate surface area is 116 Å². The molecule has 0 heterocycles. The molecule has 6 heteroatoms. The van der Waals surface area contributed by atoms with Crippen LogP contribution in [0, 0.1) is 32.7 Å². The summed E-state index contributed by atoms with van der Waals surface area (Å²) in [6.45, 7) is 4.24. The minimum atomic E-state index is -4.88. The summed E-state index contributed by atoms with van der Waals surface area (Å²) in [6.07, 6.45) is -4.88. The number of aryl methyl sites for hydroxylation is 2. The van der Waals surface area contributed by atoms with Crippen LogP contribution in [0.25, 0.3) is 0 Å². The zero-order valence-electron chi connectivity index (χ0n) is 9.00. The summed E-state index contributed by atoms with van der Waals surface area (Å²) in [5, 5.41) is 0. The molecule has 1 aromatic carbocycles. The molecule has 1 rings (SSSR count). The molecule has 16 heavy (non-hydrogen) atoms. The van der Waals surface area contributed by atoms with Gasteiger partial charge in [0.05, 0.1) is 11.6 Å². The summed E-state index contributed by atoms with van der Waals surface area (Å²) in [7, 11) is 0. The standard InChI is InChI=1S/C10H9F4O.Y/c1-5-4-6(2)8(11)9(7(5)3)15-10(12,13)14;/h1-3H3;/q-1;. The van der Waals surface area contributed by atoms with Gasteiger partial charge in [0.2, 0.25) is 0 Å². The monoisotopic (exact) mass is 310 g/mol. The van der Waals surface area contributed by atoms with Gasteiger partial charge < -0.3 is 4.74 Å². The van der Waals surface area contributed by atoms with Crippen LogP contribution in [-0.2, 0) is 32.7 Å². The van der Waals surface area contributed by atoms with Gasteiger partial charge in [-0.15, -0.1) is 24.3 Å². The van der Waals surface area contributed by atoms with Gasteiger partial charge in [0.1, 0.15) is 0 Å². The Morgan fingerprint density at radius 2 is 1.56 bits per heavy atom. The van der Waals surface area contributed by atoms with Gasteiger partial charge in [-0.1, -0.05) is 20.8 Å². The molecule has 1 radical (unpaired) electrons. The molecule has 0 aliphatic carbocycles. The Bertz CT molecular complexity index is 361. The molecular formula is C10H9F4OY-. The average molecular weight is 310 g/mol. The number of hydrogen-bond donors (Lipinski definition) is 0. The first-order valence-corrected chi connectivity index (χ1v) is 4.16. The molecule has 0 fully saturated rings. The number of halogens is 4. The topological polar surface area (TPSA) is 9.23 Å². The van der Waals surface area contributed by atoms with E-state index in [0.29, 0.717) is 5.56 Å². The van der Waals surface area contributed by atoms with Gasteiger partial charge >= 0.3 is 6.36 Å². The van der Waals surface area contributed by atoms with Crippen molar-refractivity contribution in [2.45, 2.75) is 27.1 Å². The third-order valence-electron chi connectivity index (χ3n) is 2.02. The molecule has 0 atom stereocenters. The largest absolute Gasteiger partial charge is 0.571 e. The van der Waals surface area contributed by atoms with E-state index < -0.39 is 17.9 Å². The fourth-order valence-corrected chi connectivity index (χ4v) is 1.17. The fraction of sp³-hybridized carbons (Fsp3) is 0.400. The van der Waals surface area contributed by atoms with Crippen LogP contribution in [0.3, 0.4) is 0 Å². The number of alkyl halides is 3. The summed E-state index contributed by atoms with van der Waals surface area (Å²) in [4.78, 5) is 0. The maximum Gasteiger partial charge on any atom is 0.571 e. The van der Waals surface area contributed by atoms with E-state index in [4.69, 9.17) is 0 Å². The minimum absolute atomic E-state index is 0. The Morgan fingerprint density at radius 3 is 2.00 bits per heavy atom. The van der Waals surface area contributed by atoms with Crippen LogP contribution in [-0.4, -0.2) is 6.36 Å². The van der Waals surface area contributed by atoms with E-state index in [9.17, 15) is 17.6 Å². The Kier molecular flexibility index (Phi) is 5.40. The molecule has 0 saturated heterocycles. The molecule has 0 unspecified atom stereocenters. The molecule has 0 amide bonds. The van der Waals surface area contributed by atoms with Crippen LogP contribution in [0.5, 0.6) is 5.75 Å². The van der Waals surface area contributed by atoms with E-state index in [1.165, 1.54) is 13.8 Å². The van der Waals surface area contributed by atoms with Crippen molar-refractivity contribution >= 4 is 0 Å². The van der Waals surface area contributed by atoms with E-state index in [-0.39, 0.29) is 43.8 Å². The molecule has 87 valence electrons. The Morgan fingerprint density at radius 1 is 1.06 bits per heavy atom. The van der Waals surface area contributed by atoms with Crippen molar-refractivity contribution < 1.29 is 55.0 Å². The fourth-order valence-electron chi connectivity index (χ4n) is 1.17. The molecule has 0 aliphatic rings. The molecule has 0 aliphatic heterocycles. The predicted octanol–water partition coefficient (Wildman–Crippen LogP) is 3.45. The van der Waals surface area contributed by atoms with Crippen molar-refractivity contribution in [2.24, 2.45) is 0 Å². The van der Waals surface area contributed by atoms with Gasteiger partial charge in [0.25, 0.3) is 0 Å². The maximum absolute atomic E-state index is 13.3. The third kappa shape index (κ3) is 3.70. The van der Waals surface area contributed by atoms with Crippen molar-refractivity contribution in [1.29, 1.82) is 0 Å². The molecule has 1 aromatic rings. The van der Waals surface area contributed by atoms with Crippen LogP contribution >= 0.6 is 0 Å². The number of rotatable bonds is 1. The number of ether oxygens (including phenoxy) is 1. The molecule has 0 saturated carbocycles. The number of benzene rings is 1. The smallest absolute Gasteiger partial charge is 0.429 e. The second-order valence-corrected chi connectivity index (χ2v) is 3.19. The average Bonchev–Trinajstić information content (AvgIpc) is 2.08. The quantitative estimate of drug-likeness (QED) is 0.570. The molecular weight excluding hydrogens is 301 g/mol. The molecule has 0 aromatic heterocycles. The second kappa shape index (κ2) is 5.45. The van der Waals surface area contributed by atoms with Crippen LogP contribution in [0.1, 0.15) is 16.7 Å². The first-order chi connectivity index (χ1) is 6.72. The van der Waals surface area contributed by atoms with Crippen molar-refractivity contribution in [1.82, 2.24) is 0 Å². The van der Waals surface area contributed by atoms with E-state index >= 15 is 0 Å². The minimum Gasteiger partial charge on any atom is -0.429 e. The van der Waals surface area contributed by atoms with Crippen LogP contribution in [0.15, 0.2) is 0 Å². The van der Waals surface area contributed by atoms with Crippen LogP contribution in [0.4, 0.5) is 17.6 Å². The Hall–Kier alpha value is -0.156. The Balaban J connectivity index is 0.00000225. The summed E-state index contributed by atoms with van der Waals surface area (Å²) in [6, 6.07) is 2.61. The SMILES string of the molecule is Cc1[c-]c(C)c(F)c(OC(F)(F)F)c1C.[Y]. The van der Waals surface area contributed by atoms with Crippen LogP contribution < -0.4 is 4.74 Å². The summed E-state index contributed by atoms with van der Waals surface area (Å²) < 4.78 is 52.8. The first-order valence-electron chi connectivity index (χ1n) is 4.16. The third-order valence-corrected chi connectivity index (χ3v) is 2.02. The molecule has 1 nitrogen and oxygen atoms in total. The van der Waals surface area contributed by atoms with E-state index in [1.807, 2.05) is 0 Å².